The van der Waals surface area contributed by atoms with Gasteiger partial charge < -0.3 is 5.32 Å². The van der Waals surface area contributed by atoms with Crippen LogP contribution in [-0.2, 0) is 11.3 Å². The molecule has 0 spiro atoms. The van der Waals surface area contributed by atoms with E-state index >= 15 is 0 Å². The van der Waals surface area contributed by atoms with Crippen molar-refractivity contribution in [3.8, 4) is 0 Å². The number of aromatic nitrogens is 1. The van der Waals surface area contributed by atoms with E-state index in [1.165, 1.54) is 0 Å². The van der Waals surface area contributed by atoms with E-state index in [4.69, 9.17) is 0 Å². The van der Waals surface area contributed by atoms with Gasteiger partial charge in [-0.3, -0.25) is 9.78 Å². The second kappa shape index (κ2) is 4.44. The van der Waals surface area contributed by atoms with Crippen LogP contribution in [0.25, 0.3) is 0 Å². The summed E-state index contributed by atoms with van der Waals surface area (Å²) in [7, 11) is 0. The Kier molecular flexibility index (Phi) is 2.96. The first-order valence-corrected chi connectivity index (χ1v) is 7.35. The fraction of sp³-hybridized carbons (Fsp3) is 0.529. The third-order valence-corrected chi connectivity index (χ3v) is 5.48. The number of carbonyl (C=O) groups excluding carboxylic acids is 1. The normalized spacial score (nSPS) is 30.5. The Balaban J connectivity index is 1.73. The van der Waals surface area contributed by atoms with Gasteiger partial charge in [0.2, 0.25) is 5.91 Å². The minimum absolute atomic E-state index is 0.0978. The maximum atomic E-state index is 12.7. The Morgan fingerprint density at radius 1 is 1.50 bits per heavy atom. The number of pyridine rings is 1. The summed E-state index contributed by atoms with van der Waals surface area (Å²) in [5.74, 6) is 0.747. The molecule has 2 atom stereocenters. The monoisotopic (exact) mass is 270 g/mol. The molecule has 3 nitrogen and oxygen atoms in total. The topological polar surface area (TPSA) is 42.0 Å². The summed E-state index contributed by atoms with van der Waals surface area (Å²) in [4.78, 5) is 16.9. The molecular formula is C17H22N2O. The van der Waals surface area contributed by atoms with Gasteiger partial charge in [-0.25, -0.2) is 0 Å². The Bertz CT molecular complexity index is 549. The predicted molar refractivity (Wildman–Crippen MR) is 78.8 cm³/mol. The van der Waals surface area contributed by atoms with Gasteiger partial charge in [-0.15, -0.1) is 0 Å². The molecule has 2 fully saturated rings. The molecule has 1 aromatic heterocycles. The van der Waals surface area contributed by atoms with Crippen LogP contribution < -0.4 is 5.32 Å². The molecule has 3 heteroatoms. The molecule has 20 heavy (non-hydrogen) atoms. The van der Waals surface area contributed by atoms with E-state index in [9.17, 15) is 4.79 Å². The van der Waals surface area contributed by atoms with Gasteiger partial charge in [0.1, 0.15) is 0 Å². The number of hydrogen-bond acceptors (Lipinski definition) is 2. The lowest BCUT2D eigenvalue weighted by atomic mass is 9.68. The Morgan fingerprint density at radius 3 is 2.90 bits per heavy atom. The molecule has 0 aliphatic heterocycles. The highest BCUT2D eigenvalue weighted by Crippen LogP contribution is 2.65. The predicted octanol–water partition coefficient (Wildman–Crippen LogP) is 3.08. The van der Waals surface area contributed by atoms with Crippen molar-refractivity contribution in [1.29, 1.82) is 0 Å². The van der Waals surface area contributed by atoms with Gasteiger partial charge in [0.05, 0.1) is 17.7 Å². The summed E-state index contributed by atoms with van der Waals surface area (Å²) in [6.07, 6.45) is 4.81. The lowest BCUT2D eigenvalue weighted by molar-refractivity contribution is -0.128. The molecule has 2 saturated carbocycles. The van der Waals surface area contributed by atoms with Crippen molar-refractivity contribution in [3.63, 3.8) is 0 Å². The van der Waals surface area contributed by atoms with E-state index in [2.05, 4.69) is 30.7 Å². The average Bonchev–Trinajstić information content (AvgIpc) is 2.98. The van der Waals surface area contributed by atoms with E-state index in [-0.39, 0.29) is 16.7 Å². The van der Waals surface area contributed by atoms with Crippen molar-refractivity contribution in [2.24, 2.45) is 16.7 Å². The van der Waals surface area contributed by atoms with Gasteiger partial charge in [-0.05, 0) is 42.7 Å². The molecule has 2 bridgehead atoms. The van der Waals surface area contributed by atoms with Gasteiger partial charge in [0.25, 0.3) is 0 Å². The summed E-state index contributed by atoms with van der Waals surface area (Å²) in [6.45, 7) is 9.22. The summed E-state index contributed by atoms with van der Waals surface area (Å²) in [5, 5.41) is 3.07. The van der Waals surface area contributed by atoms with Crippen LogP contribution in [-0.4, -0.2) is 10.9 Å². The Morgan fingerprint density at radius 2 is 2.30 bits per heavy atom. The van der Waals surface area contributed by atoms with Gasteiger partial charge in [-0.1, -0.05) is 32.1 Å². The molecule has 1 amide bonds. The van der Waals surface area contributed by atoms with Crippen LogP contribution in [0.1, 0.15) is 38.8 Å². The molecule has 1 N–H and O–H groups in total. The zero-order valence-corrected chi connectivity index (χ0v) is 12.3. The first-order valence-electron chi connectivity index (χ1n) is 7.35. The van der Waals surface area contributed by atoms with Crippen LogP contribution in [0.2, 0.25) is 0 Å². The molecule has 0 saturated heterocycles. The lowest BCUT2D eigenvalue weighted by Gasteiger charge is -2.37. The van der Waals surface area contributed by atoms with Crippen molar-refractivity contribution < 1.29 is 4.79 Å². The van der Waals surface area contributed by atoms with Crippen LogP contribution in [0.4, 0.5) is 0 Å². The zero-order chi connectivity index (χ0) is 14.4. The average molecular weight is 270 g/mol. The maximum absolute atomic E-state index is 12.7. The van der Waals surface area contributed by atoms with E-state index in [1.54, 1.807) is 6.20 Å². The minimum atomic E-state index is -0.330. The molecule has 0 unspecified atom stereocenters. The van der Waals surface area contributed by atoms with Gasteiger partial charge in [0.15, 0.2) is 0 Å². The highest BCUT2D eigenvalue weighted by molar-refractivity contribution is 5.87. The van der Waals surface area contributed by atoms with Crippen LogP contribution >= 0.6 is 0 Å². The Hall–Kier alpha value is -1.64. The fourth-order valence-corrected chi connectivity index (χ4v) is 3.98. The standard InChI is InChI=1S/C17H22N2O/c1-12-16(2,3)13-7-8-17(12,10-13)15(20)19-11-14-6-4-5-9-18-14/h4-6,9,13H,1,7-8,10-11H2,2-3H3,(H,19,20)/t13-,17+/m0/s1. The lowest BCUT2D eigenvalue weighted by Crippen LogP contribution is -2.41. The second-order valence-corrected chi connectivity index (χ2v) is 6.73. The van der Waals surface area contributed by atoms with E-state index in [1.807, 2.05) is 18.2 Å². The summed E-state index contributed by atoms with van der Waals surface area (Å²) in [5.41, 5.74) is 1.79. The second-order valence-electron chi connectivity index (χ2n) is 6.73. The largest absolute Gasteiger partial charge is 0.350 e. The third kappa shape index (κ3) is 1.80. The number of nitrogens with zero attached hydrogens (tertiary/aromatic N) is 1. The number of amides is 1. The van der Waals surface area contributed by atoms with Crippen molar-refractivity contribution in [2.75, 3.05) is 0 Å². The van der Waals surface area contributed by atoms with E-state index < -0.39 is 0 Å². The summed E-state index contributed by atoms with van der Waals surface area (Å²) >= 11 is 0. The van der Waals surface area contributed by atoms with Crippen LogP contribution in [0, 0.1) is 16.7 Å². The van der Waals surface area contributed by atoms with Crippen molar-refractivity contribution in [3.05, 3.63) is 42.2 Å². The SMILES string of the molecule is C=C1C(C)(C)[C@H]2CC[C@@]1(C(=O)NCc1ccccn1)C2. The fourth-order valence-electron chi connectivity index (χ4n) is 3.98. The number of rotatable bonds is 3. The quantitative estimate of drug-likeness (QED) is 0.858. The highest BCUT2D eigenvalue weighted by atomic mass is 16.2. The zero-order valence-electron chi connectivity index (χ0n) is 12.3. The van der Waals surface area contributed by atoms with Crippen molar-refractivity contribution in [1.82, 2.24) is 10.3 Å². The number of nitrogens with one attached hydrogen (secondary N) is 1. The number of hydrogen-bond donors (Lipinski definition) is 1. The molecule has 2 aliphatic rings. The molecule has 0 aromatic carbocycles. The smallest absolute Gasteiger partial charge is 0.230 e. The van der Waals surface area contributed by atoms with E-state index in [0.717, 1.165) is 30.5 Å². The van der Waals surface area contributed by atoms with Gasteiger partial charge in [0, 0.05) is 6.20 Å². The van der Waals surface area contributed by atoms with Crippen molar-refractivity contribution in [2.45, 2.75) is 39.7 Å². The first kappa shape index (κ1) is 13.3. The molecule has 2 aliphatic carbocycles. The first-order chi connectivity index (χ1) is 9.47. The van der Waals surface area contributed by atoms with Crippen LogP contribution in [0.15, 0.2) is 36.5 Å². The van der Waals surface area contributed by atoms with Crippen LogP contribution in [0.3, 0.4) is 0 Å². The molecule has 0 radical (unpaired) electrons. The molecule has 1 heterocycles. The minimum Gasteiger partial charge on any atom is -0.350 e. The number of carbonyl (C=O) groups is 1. The highest BCUT2D eigenvalue weighted by Gasteiger charge is 2.60. The molecule has 1 aromatic rings. The summed E-state index contributed by atoms with van der Waals surface area (Å²) in [6, 6.07) is 5.76. The maximum Gasteiger partial charge on any atom is 0.230 e. The van der Waals surface area contributed by atoms with Crippen molar-refractivity contribution >= 4 is 5.91 Å². The van der Waals surface area contributed by atoms with Gasteiger partial charge >= 0.3 is 0 Å². The number of fused-ring (bicyclic) bond motifs is 2. The summed E-state index contributed by atoms with van der Waals surface area (Å²) < 4.78 is 0. The molecule has 3 rings (SSSR count). The third-order valence-electron chi connectivity index (χ3n) is 5.48. The van der Waals surface area contributed by atoms with Crippen LogP contribution in [0.5, 0.6) is 0 Å². The van der Waals surface area contributed by atoms with Gasteiger partial charge in [-0.2, -0.15) is 0 Å². The molecular weight excluding hydrogens is 248 g/mol. The van der Waals surface area contributed by atoms with E-state index in [0.29, 0.717) is 12.5 Å². The Labute approximate surface area is 120 Å². The molecule has 106 valence electrons.